The van der Waals surface area contributed by atoms with E-state index < -0.39 is 24.4 Å². The summed E-state index contributed by atoms with van der Waals surface area (Å²) in [4.78, 5) is 24.1. The number of fused-ring (bicyclic) bond motifs is 1. The maximum absolute atomic E-state index is 14.5. The molecule has 0 aliphatic carbocycles. The van der Waals surface area contributed by atoms with Crippen molar-refractivity contribution in [3.63, 3.8) is 0 Å². The molecule has 1 fully saturated rings. The number of nitriles is 2. The van der Waals surface area contributed by atoms with Crippen LogP contribution in [0.5, 0.6) is 0 Å². The Morgan fingerprint density at radius 3 is 2.85 bits per heavy atom. The van der Waals surface area contributed by atoms with Crippen molar-refractivity contribution in [2.45, 2.75) is 38.3 Å². The molecule has 5 rings (SSSR count). The molecule has 0 radical (unpaired) electrons. The van der Waals surface area contributed by atoms with Crippen LogP contribution < -0.4 is 10.7 Å². The lowest BCUT2D eigenvalue weighted by molar-refractivity contribution is 0.0370. The molecule has 9 nitrogen and oxygen atoms in total. The summed E-state index contributed by atoms with van der Waals surface area (Å²) in [6.07, 6.45) is 9.28. The van der Waals surface area contributed by atoms with Gasteiger partial charge in [-0.05, 0) is 48.3 Å². The van der Waals surface area contributed by atoms with Gasteiger partial charge in [0.2, 0.25) is 0 Å². The van der Waals surface area contributed by atoms with Gasteiger partial charge in [0.1, 0.15) is 18.0 Å². The number of nitrogens with one attached hydrogen (secondary N) is 1. The van der Waals surface area contributed by atoms with Gasteiger partial charge >= 0.3 is 0 Å². The zero-order chi connectivity index (χ0) is 28.9. The number of nitrogens with zero attached hydrogens (tertiary/aromatic N) is 7. The Labute approximate surface area is 236 Å². The number of carbonyl (C=O) groups excluding carboxylic acids is 1. The molecule has 1 amide bonds. The van der Waals surface area contributed by atoms with Crippen molar-refractivity contribution in [2.24, 2.45) is 4.99 Å². The number of carbonyl (C=O) groups is 1. The Kier molecular flexibility index (Phi) is 8.37. The molecule has 1 aromatic carbocycles. The average molecular weight is 557 g/mol. The lowest BCUT2D eigenvalue weighted by Crippen LogP contribution is -2.56. The molecule has 2 aliphatic rings. The molecule has 2 aromatic heterocycles. The summed E-state index contributed by atoms with van der Waals surface area (Å²) in [6, 6.07) is 8.85. The number of benzene rings is 1. The quantitative estimate of drug-likeness (QED) is 0.458. The number of hydrogen-bond acceptors (Lipinski definition) is 6. The van der Waals surface area contributed by atoms with Crippen molar-refractivity contribution in [3.8, 4) is 12.1 Å². The van der Waals surface area contributed by atoms with Gasteiger partial charge in [0.15, 0.2) is 0 Å². The molecule has 1 N–H and O–H groups in total. The molecule has 0 saturated carbocycles. The molecular formula is C30H30F2N8O. The van der Waals surface area contributed by atoms with E-state index in [2.05, 4.69) is 28.1 Å². The fourth-order valence-electron chi connectivity index (χ4n) is 5.41. The van der Waals surface area contributed by atoms with Gasteiger partial charge in [-0.3, -0.25) is 14.4 Å². The summed E-state index contributed by atoms with van der Waals surface area (Å²) in [7, 11) is 0. The van der Waals surface area contributed by atoms with Gasteiger partial charge in [-0.1, -0.05) is 6.92 Å². The Bertz CT molecular complexity index is 1670. The van der Waals surface area contributed by atoms with Gasteiger partial charge < -0.3 is 9.88 Å². The molecule has 0 spiro atoms. The molecule has 4 heterocycles. The fourth-order valence-corrected chi connectivity index (χ4v) is 5.41. The molecule has 210 valence electrons. The van der Waals surface area contributed by atoms with Gasteiger partial charge in [-0.2, -0.15) is 15.6 Å². The van der Waals surface area contributed by atoms with Crippen LogP contribution in [0.3, 0.4) is 0 Å². The van der Waals surface area contributed by atoms with Gasteiger partial charge in [0, 0.05) is 55.6 Å². The predicted molar refractivity (Wildman–Crippen MR) is 147 cm³/mol. The van der Waals surface area contributed by atoms with Crippen LogP contribution in [0.25, 0.3) is 5.57 Å². The number of alkyl halides is 1. The smallest absolute Gasteiger partial charge is 0.256 e. The maximum Gasteiger partial charge on any atom is 0.256 e. The van der Waals surface area contributed by atoms with Gasteiger partial charge in [-0.25, -0.2) is 13.8 Å². The normalized spacial score (nSPS) is 18.0. The van der Waals surface area contributed by atoms with Crippen molar-refractivity contribution >= 4 is 11.5 Å². The van der Waals surface area contributed by atoms with Crippen LogP contribution in [0.1, 0.15) is 53.7 Å². The highest BCUT2D eigenvalue weighted by Crippen LogP contribution is 2.25. The van der Waals surface area contributed by atoms with E-state index in [0.29, 0.717) is 13.1 Å². The highest BCUT2D eigenvalue weighted by Gasteiger charge is 2.33. The van der Waals surface area contributed by atoms with Gasteiger partial charge in [0.25, 0.3) is 5.91 Å². The van der Waals surface area contributed by atoms with Crippen LogP contribution in [0.2, 0.25) is 0 Å². The number of halogens is 2. The largest absolute Gasteiger partial charge is 0.346 e. The second-order valence-electron chi connectivity index (χ2n) is 10.3. The molecule has 3 aromatic rings. The second kappa shape index (κ2) is 12.3. The minimum atomic E-state index is -0.773. The standard InChI is InChI=1S/C30H30F2N8O/c1-2-20-11-27(25-6-8-35-29(25)36-15-20)22-16-37-40(17-22)23(5-7-33)18-38-9-10-39(19-24(38)13-31)30(41)26-4-3-21(14-34)12-28(26)32/h3-4,6,8,12,15-17,23-24H,2,5,9-11,13,18-19H2,1H3,(H,35,36). The third-order valence-electron chi connectivity index (χ3n) is 7.78. The first kappa shape index (κ1) is 27.9. The Hall–Kier alpha value is -4.61. The molecule has 2 aliphatic heterocycles. The Morgan fingerprint density at radius 1 is 1.27 bits per heavy atom. The van der Waals surface area contributed by atoms with Crippen molar-refractivity contribution in [1.29, 1.82) is 10.5 Å². The number of H-pyrrole nitrogens is 1. The molecule has 1 saturated heterocycles. The summed E-state index contributed by atoms with van der Waals surface area (Å²) in [5, 5.41) is 24.2. The molecule has 41 heavy (non-hydrogen) atoms. The van der Waals surface area contributed by atoms with Gasteiger partial charge in [-0.15, -0.1) is 0 Å². The van der Waals surface area contributed by atoms with Crippen LogP contribution in [-0.2, 0) is 0 Å². The SMILES string of the molecule is CCC1=CN=c2[nH]ccc2=C(c2cnn(C(CC#N)CN3CCN(C(=O)c4ccc(C#N)cc4F)CC3CF)c2)C1. The molecule has 2 atom stereocenters. The van der Waals surface area contributed by atoms with E-state index in [9.17, 15) is 18.8 Å². The fraction of sp³-hybridized carbons (Fsp3) is 0.367. The topological polar surface area (TPSA) is 117 Å². The van der Waals surface area contributed by atoms with E-state index in [4.69, 9.17) is 5.26 Å². The minimum absolute atomic E-state index is 0.0855. The van der Waals surface area contributed by atoms with Crippen LogP contribution >= 0.6 is 0 Å². The summed E-state index contributed by atoms with van der Waals surface area (Å²) >= 11 is 0. The van der Waals surface area contributed by atoms with E-state index in [0.717, 1.165) is 40.8 Å². The van der Waals surface area contributed by atoms with Crippen LogP contribution in [0, 0.1) is 28.5 Å². The third kappa shape index (κ3) is 5.81. The molecule has 2 unspecified atom stereocenters. The number of piperazine rings is 1. The zero-order valence-corrected chi connectivity index (χ0v) is 22.7. The first-order valence-corrected chi connectivity index (χ1v) is 13.6. The lowest BCUT2D eigenvalue weighted by atomic mass is 9.98. The van der Waals surface area contributed by atoms with Crippen LogP contribution in [0.4, 0.5) is 8.78 Å². The molecular weight excluding hydrogens is 526 g/mol. The van der Waals surface area contributed by atoms with Crippen molar-refractivity contribution in [1.82, 2.24) is 24.6 Å². The van der Waals surface area contributed by atoms with E-state index in [1.165, 1.54) is 22.6 Å². The number of hydrogen-bond donors (Lipinski definition) is 1. The maximum atomic E-state index is 14.5. The second-order valence-corrected chi connectivity index (χ2v) is 10.3. The van der Waals surface area contributed by atoms with E-state index >= 15 is 0 Å². The van der Waals surface area contributed by atoms with Crippen molar-refractivity contribution in [3.05, 3.63) is 87.8 Å². The first-order valence-electron chi connectivity index (χ1n) is 13.6. The summed E-state index contributed by atoms with van der Waals surface area (Å²) in [5.74, 6) is -1.31. The Balaban J connectivity index is 1.33. The molecule has 0 bridgehead atoms. The average Bonchev–Trinajstić information content (AvgIpc) is 3.64. The molecule has 11 heteroatoms. The van der Waals surface area contributed by atoms with E-state index in [1.807, 2.05) is 35.6 Å². The van der Waals surface area contributed by atoms with Crippen molar-refractivity contribution < 1.29 is 13.6 Å². The number of rotatable bonds is 8. The number of allylic oxidation sites excluding steroid dienone is 1. The highest BCUT2D eigenvalue weighted by atomic mass is 19.1. The zero-order valence-electron chi connectivity index (χ0n) is 22.7. The Morgan fingerprint density at radius 2 is 2.12 bits per heavy atom. The minimum Gasteiger partial charge on any atom is -0.346 e. The number of aromatic amines is 1. The van der Waals surface area contributed by atoms with Crippen molar-refractivity contribution in [2.75, 3.05) is 32.9 Å². The summed E-state index contributed by atoms with van der Waals surface area (Å²) < 4.78 is 30.5. The summed E-state index contributed by atoms with van der Waals surface area (Å²) in [5.41, 5.74) is 4.01. The van der Waals surface area contributed by atoms with Gasteiger partial charge in [0.05, 0.1) is 48.0 Å². The lowest BCUT2D eigenvalue weighted by Gasteiger charge is -2.41. The van der Waals surface area contributed by atoms with E-state index in [1.54, 1.807) is 10.9 Å². The number of amides is 1. The predicted octanol–water partition coefficient (Wildman–Crippen LogP) is 2.99. The number of aromatic nitrogens is 3. The van der Waals surface area contributed by atoms with E-state index in [-0.39, 0.29) is 36.7 Å². The first-order chi connectivity index (χ1) is 19.9. The van der Waals surface area contributed by atoms with Crippen LogP contribution in [0.15, 0.2) is 59.6 Å². The third-order valence-corrected chi connectivity index (χ3v) is 7.78. The highest BCUT2D eigenvalue weighted by molar-refractivity contribution is 5.94. The van der Waals surface area contributed by atoms with Crippen LogP contribution in [-0.4, -0.2) is 69.4 Å². The summed E-state index contributed by atoms with van der Waals surface area (Å²) in [6.45, 7) is 2.50. The monoisotopic (exact) mass is 556 g/mol.